The van der Waals surface area contributed by atoms with Crippen molar-refractivity contribution in [2.45, 2.75) is 25.4 Å². The molecule has 4 heteroatoms. The quantitative estimate of drug-likeness (QED) is 0.731. The van der Waals surface area contributed by atoms with Crippen LogP contribution in [0.5, 0.6) is 0 Å². The van der Waals surface area contributed by atoms with E-state index in [2.05, 4.69) is 46.4 Å². The molecule has 1 aliphatic rings. The zero-order valence-corrected chi connectivity index (χ0v) is 11.4. The van der Waals surface area contributed by atoms with Crippen molar-refractivity contribution in [2.24, 2.45) is 10.2 Å². The highest BCUT2D eigenvalue weighted by Crippen LogP contribution is 2.38. The second-order valence-electron chi connectivity index (χ2n) is 4.82. The summed E-state index contributed by atoms with van der Waals surface area (Å²) in [5.74, 6) is 0. The minimum atomic E-state index is 0.0936. The molecule has 1 aromatic carbocycles. The van der Waals surface area contributed by atoms with E-state index in [1.807, 2.05) is 6.07 Å². The van der Waals surface area contributed by atoms with E-state index in [1.54, 1.807) is 12.3 Å². The Morgan fingerprint density at radius 3 is 2.21 bits per heavy atom. The second-order valence-corrected chi connectivity index (χ2v) is 5.21. The normalized spacial score (nSPS) is 21.8. The van der Waals surface area contributed by atoms with E-state index < -0.39 is 0 Å². The number of benzene rings is 1. The van der Waals surface area contributed by atoms with Gasteiger partial charge in [0.1, 0.15) is 5.15 Å². The van der Waals surface area contributed by atoms with Crippen LogP contribution in [-0.4, -0.2) is 4.98 Å². The fraction of sp³-hybridized carbons (Fsp3) is 0.267. The Morgan fingerprint density at radius 1 is 0.947 bits per heavy atom. The number of aryl methyl sites for hydroxylation is 1. The summed E-state index contributed by atoms with van der Waals surface area (Å²) in [5.41, 5.74) is 3.55. The molecule has 0 saturated carbocycles. The van der Waals surface area contributed by atoms with Crippen LogP contribution in [0.2, 0.25) is 5.15 Å². The maximum atomic E-state index is 5.79. The Hall–Kier alpha value is -1.74. The maximum absolute atomic E-state index is 5.79. The molecule has 0 bridgehead atoms. The van der Waals surface area contributed by atoms with E-state index in [0.717, 1.165) is 12.0 Å². The maximum Gasteiger partial charge on any atom is 0.129 e. The average molecular weight is 272 g/mol. The monoisotopic (exact) mass is 271 g/mol. The molecule has 3 nitrogen and oxygen atoms in total. The molecule has 2 atom stereocenters. The van der Waals surface area contributed by atoms with E-state index in [4.69, 9.17) is 11.6 Å². The minimum Gasteiger partial charge on any atom is -0.244 e. The molecule has 2 aromatic rings. The van der Waals surface area contributed by atoms with Crippen LogP contribution in [0.15, 0.2) is 52.8 Å². The summed E-state index contributed by atoms with van der Waals surface area (Å²) >= 11 is 5.79. The first-order valence-corrected chi connectivity index (χ1v) is 6.68. The first kappa shape index (κ1) is 12.3. The van der Waals surface area contributed by atoms with Crippen LogP contribution in [0.3, 0.4) is 0 Å². The number of azo groups is 1. The van der Waals surface area contributed by atoms with Crippen molar-refractivity contribution in [1.29, 1.82) is 0 Å². The molecule has 2 unspecified atom stereocenters. The minimum absolute atomic E-state index is 0.0936. The van der Waals surface area contributed by atoms with Gasteiger partial charge in [-0.05, 0) is 24.1 Å². The van der Waals surface area contributed by atoms with Gasteiger partial charge in [-0.1, -0.05) is 47.5 Å². The summed E-state index contributed by atoms with van der Waals surface area (Å²) in [7, 11) is 0. The molecule has 0 aliphatic carbocycles. The van der Waals surface area contributed by atoms with E-state index in [-0.39, 0.29) is 12.1 Å². The van der Waals surface area contributed by atoms with E-state index in [0.29, 0.717) is 5.15 Å². The van der Waals surface area contributed by atoms with Crippen molar-refractivity contribution in [3.63, 3.8) is 0 Å². The van der Waals surface area contributed by atoms with Gasteiger partial charge in [0.2, 0.25) is 0 Å². The molecule has 2 heterocycles. The van der Waals surface area contributed by atoms with Gasteiger partial charge in [-0.2, -0.15) is 10.2 Å². The van der Waals surface area contributed by atoms with E-state index in [1.165, 1.54) is 11.1 Å². The summed E-state index contributed by atoms with van der Waals surface area (Å²) < 4.78 is 0. The Morgan fingerprint density at radius 2 is 1.58 bits per heavy atom. The molecule has 0 amide bonds. The highest BCUT2D eigenvalue weighted by Gasteiger charge is 2.24. The Kier molecular flexibility index (Phi) is 3.30. The fourth-order valence-electron chi connectivity index (χ4n) is 2.25. The van der Waals surface area contributed by atoms with Gasteiger partial charge in [-0.25, -0.2) is 4.98 Å². The number of nitrogens with zero attached hydrogens (tertiary/aromatic N) is 3. The van der Waals surface area contributed by atoms with Gasteiger partial charge < -0.3 is 0 Å². The first-order valence-electron chi connectivity index (χ1n) is 6.30. The van der Waals surface area contributed by atoms with Crippen molar-refractivity contribution >= 4 is 11.6 Å². The van der Waals surface area contributed by atoms with Crippen LogP contribution in [-0.2, 0) is 0 Å². The highest BCUT2D eigenvalue weighted by molar-refractivity contribution is 6.29. The van der Waals surface area contributed by atoms with Gasteiger partial charge in [0, 0.05) is 12.6 Å². The van der Waals surface area contributed by atoms with Gasteiger partial charge in [-0.15, -0.1) is 0 Å². The van der Waals surface area contributed by atoms with Crippen molar-refractivity contribution in [3.05, 3.63) is 64.4 Å². The van der Waals surface area contributed by atoms with Crippen LogP contribution < -0.4 is 0 Å². The molecule has 96 valence electrons. The van der Waals surface area contributed by atoms with Crippen molar-refractivity contribution in [2.75, 3.05) is 0 Å². The van der Waals surface area contributed by atoms with Crippen molar-refractivity contribution < 1.29 is 0 Å². The lowest BCUT2D eigenvalue weighted by Gasteiger charge is -2.09. The molecular formula is C15H14ClN3. The molecule has 19 heavy (non-hydrogen) atoms. The van der Waals surface area contributed by atoms with Crippen LogP contribution in [0.25, 0.3) is 0 Å². The lowest BCUT2D eigenvalue weighted by atomic mass is 9.98. The summed E-state index contributed by atoms with van der Waals surface area (Å²) in [6.07, 6.45) is 2.68. The highest BCUT2D eigenvalue weighted by atomic mass is 35.5. The number of rotatable bonds is 2. The number of aromatic nitrogens is 1. The summed E-state index contributed by atoms with van der Waals surface area (Å²) in [5, 5.41) is 9.25. The SMILES string of the molecule is Cc1ccc(C2CC(c3ccc(Cl)nc3)N=N2)cc1. The third-order valence-electron chi connectivity index (χ3n) is 3.39. The molecule has 1 aromatic heterocycles. The van der Waals surface area contributed by atoms with Crippen LogP contribution in [0.1, 0.15) is 35.2 Å². The van der Waals surface area contributed by atoms with Crippen molar-refractivity contribution in [3.8, 4) is 0 Å². The summed E-state index contributed by atoms with van der Waals surface area (Å²) in [4.78, 5) is 4.10. The number of hydrogen-bond acceptors (Lipinski definition) is 3. The first-order chi connectivity index (χ1) is 9.22. The fourth-order valence-corrected chi connectivity index (χ4v) is 2.36. The van der Waals surface area contributed by atoms with E-state index >= 15 is 0 Å². The standard InChI is InChI=1S/C15H14ClN3/c1-10-2-4-11(5-3-10)13-8-14(19-18-13)12-6-7-15(16)17-9-12/h2-7,9,13-14H,8H2,1H3. The largest absolute Gasteiger partial charge is 0.244 e. The molecule has 0 spiro atoms. The predicted molar refractivity (Wildman–Crippen MR) is 75.4 cm³/mol. The Bertz CT molecular complexity index is 536. The van der Waals surface area contributed by atoms with E-state index in [9.17, 15) is 0 Å². The summed E-state index contributed by atoms with van der Waals surface area (Å²) in [6.45, 7) is 2.09. The van der Waals surface area contributed by atoms with Crippen LogP contribution in [0, 0.1) is 6.92 Å². The molecular weight excluding hydrogens is 258 g/mol. The molecule has 1 aliphatic heterocycles. The number of halogens is 1. The van der Waals surface area contributed by atoms with Gasteiger partial charge in [-0.3, -0.25) is 0 Å². The lowest BCUT2D eigenvalue weighted by Crippen LogP contribution is -1.97. The second kappa shape index (κ2) is 5.10. The third-order valence-corrected chi connectivity index (χ3v) is 3.61. The molecule has 3 rings (SSSR count). The topological polar surface area (TPSA) is 37.6 Å². The van der Waals surface area contributed by atoms with Gasteiger partial charge >= 0.3 is 0 Å². The van der Waals surface area contributed by atoms with Gasteiger partial charge in [0.05, 0.1) is 12.1 Å². The Labute approximate surface area is 117 Å². The van der Waals surface area contributed by atoms with Crippen LogP contribution >= 0.6 is 11.6 Å². The van der Waals surface area contributed by atoms with Gasteiger partial charge in [0.15, 0.2) is 0 Å². The number of hydrogen-bond donors (Lipinski definition) is 0. The van der Waals surface area contributed by atoms with Crippen molar-refractivity contribution in [1.82, 2.24) is 4.98 Å². The zero-order valence-electron chi connectivity index (χ0n) is 10.6. The molecule has 0 radical (unpaired) electrons. The molecule has 0 saturated heterocycles. The lowest BCUT2D eigenvalue weighted by molar-refractivity contribution is 0.657. The van der Waals surface area contributed by atoms with Gasteiger partial charge in [0.25, 0.3) is 0 Å². The molecule has 0 fully saturated rings. The summed E-state index contributed by atoms with van der Waals surface area (Å²) in [6, 6.07) is 12.5. The Balaban J connectivity index is 1.76. The smallest absolute Gasteiger partial charge is 0.129 e. The average Bonchev–Trinajstić information content (AvgIpc) is 2.90. The molecule has 0 N–H and O–H groups in total. The zero-order chi connectivity index (χ0) is 13.2. The third kappa shape index (κ3) is 2.66. The van der Waals surface area contributed by atoms with Crippen LogP contribution in [0.4, 0.5) is 0 Å². The number of pyridine rings is 1. The predicted octanol–water partition coefficient (Wildman–Crippen LogP) is 4.68.